The van der Waals surface area contributed by atoms with E-state index in [0.29, 0.717) is 32.9 Å². The van der Waals surface area contributed by atoms with Crippen LogP contribution in [0.4, 0.5) is 0 Å². The van der Waals surface area contributed by atoms with Gasteiger partial charge in [0, 0.05) is 46.1 Å². The number of rotatable bonds is 6. The molecule has 3 heterocycles. The third-order valence-electron chi connectivity index (χ3n) is 5.54. The molecule has 0 radical (unpaired) electrons. The summed E-state index contributed by atoms with van der Waals surface area (Å²) in [5.74, 6) is 0.529. The Bertz CT molecular complexity index is 1460. The summed E-state index contributed by atoms with van der Waals surface area (Å²) in [5.41, 5.74) is 4.33. The van der Waals surface area contributed by atoms with Crippen molar-refractivity contribution < 1.29 is 9.53 Å². The highest BCUT2D eigenvalue weighted by Crippen LogP contribution is 2.33. The first-order chi connectivity index (χ1) is 16.0. The Morgan fingerprint density at radius 1 is 1.12 bits per heavy atom. The fraction of sp³-hybridized carbons (Fsp3) is 0.120. The zero-order chi connectivity index (χ0) is 22.9. The smallest absolute Gasteiger partial charge is 0.225 e. The molecule has 0 bridgehead atoms. The van der Waals surface area contributed by atoms with Crippen molar-refractivity contribution >= 4 is 39.6 Å². The molecular weight excluding hydrogens is 456 g/mol. The maximum Gasteiger partial charge on any atom is 0.225 e. The van der Waals surface area contributed by atoms with Crippen LogP contribution in [0.5, 0.6) is 5.75 Å². The summed E-state index contributed by atoms with van der Waals surface area (Å²) in [4.78, 5) is 17.8. The minimum atomic E-state index is -0.159. The fourth-order valence-corrected chi connectivity index (χ4v) is 4.78. The van der Waals surface area contributed by atoms with Crippen LogP contribution in [-0.4, -0.2) is 32.6 Å². The summed E-state index contributed by atoms with van der Waals surface area (Å²) in [7, 11) is 1.62. The van der Waals surface area contributed by atoms with Crippen LogP contribution in [-0.2, 0) is 6.54 Å². The topological polar surface area (TPSA) is 69.9 Å². The summed E-state index contributed by atoms with van der Waals surface area (Å²) >= 11 is 7.32. The number of nitrogens with zero attached hydrogens (tertiary/aromatic N) is 4. The van der Waals surface area contributed by atoms with E-state index in [1.807, 2.05) is 61.5 Å². The maximum atomic E-state index is 13.7. The molecule has 0 N–H and O–H groups in total. The third kappa shape index (κ3) is 4.01. The Hall–Kier alpha value is -3.55. The molecule has 5 aromatic rings. The van der Waals surface area contributed by atoms with Crippen LogP contribution in [0.15, 0.2) is 67.0 Å². The second-order valence-corrected chi connectivity index (χ2v) is 8.95. The van der Waals surface area contributed by atoms with E-state index in [1.165, 1.54) is 11.3 Å². The standard InChI is InChI=1S/C25H19ClN4O2S/c1-15-22(23(31)25-29-28-24(33-25)17-4-3-11-27-13-17)20-12-19(32-2)9-10-21(20)30(15)14-16-5-7-18(26)8-6-16/h3-13H,14H2,1-2H3. The lowest BCUT2D eigenvalue weighted by atomic mass is 10.1. The molecule has 0 fully saturated rings. The number of carbonyl (C=O) groups is 1. The Labute approximate surface area is 199 Å². The Morgan fingerprint density at radius 2 is 1.94 bits per heavy atom. The summed E-state index contributed by atoms with van der Waals surface area (Å²) in [6.45, 7) is 2.56. The molecule has 0 aliphatic heterocycles. The predicted octanol–water partition coefficient (Wildman–Crippen LogP) is 5.80. The van der Waals surface area contributed by atoms with Gasteiger partial charge in [-0.1, -0.05) is 35.1 Å². The van der Waals surface area contributed by atoms with Crippen molar-refractivity contribution in [3.8, 4) is 16.3 Å². The van der Waals surface area contributed by atoms with Gasteiger partial charge in [0.2, 0.25) is 5.78 Å². The van der Waals surface area contributed by atoms with Gasteiger partial charge in [-0.15, -0.1) is 10.2 Å². The van der Waals surface area contributed by atoms with Crippen molar-refractivity contribution in [1.29, 1.82) is 0 Å². The van der Waals surface area contributed by atoms with E-state index in [-0.39, 0.29) is 5.78 Å². The first-order valence-electron chi connectivity index (χ1n) is 10.2. The predicted molar refractivity (Wildman–Crippen MR) is 130 cm³/mol. The summed E-state index contributed by atoms with van der Waals surface area (Å²) in [5, 5.41) is 10.9. The minimum absolute atomic E-state index is 0.159. The molecule has 0 atom stereocenters. The molecule has 0 aliphatic rings. The molecule has 0 amide bonds. The van der Waals surface area contributed by atoms with Gasteiger partial charge >= 0.3 is 0 Å². The van der Waals surface area contributed by atoms with Crippen LogP contribution in [0.3, 0.4) is 0 Å². The second-order valence-electron chi connectivity index (χ2n) is 7.54. The van der Waals surface area contributed by atoms with Crippen molar-refractivity contribution in [3.05, 3.63) is 93.8 Å². The van der Waals surface area contributed by atoms with Gasteiger partial charge in [0.05, 0.1) is 12.7 Å². The van der Waals surface area contributed by atoms with Crippen LogP contribution in [0, 0.1) is 6.92 Å². The summed E-state index contributed by atoms with van der Waals surface area (Å²) in [6, 6.07) is 17.2. The van der Waals surface area contributed by atoms with Gasteiger partial charge in [-0.2, -0.15) is 0 Å². The monoisotopic (exact) mass is 474 g/mol. The molecule has 8 heteroatoms. The molecule has 2 aromatic carbocycles. The average molecular weight is 475 g/mol. The number of fused-ring (bicyclic) bond motifs is 1. The van der Waals surface area contributed by atoms with Gasteiger partial charge in [-0.05, 0) is 55.0 Å². The lowest BCUT2D eigenvalue weighted by Gasteiger charge is -2.09. The van der Waals surface area contributed by atoms with Gasteiger partial charge in [0.1, 0.15) is 10.8 Å². The number of pyridine rings is 1. The lowest BCUT2D eigenvalue weighted by Crippen LogP contribution is -2.06. The minimum Gasteiger partial charge on any atom is -0.497 e. The number of carbonyl (C=O) groups excluding carboxylic acids is 1. The van der Waals surface area contributed by atoms with E-state index in [1.54, 1.807) is 19.5 Å². The number of methoxy groups -OCH3 is 1. The molecular formula is C25H19ClN4O2S. The van der Waals surface area contributed by atoms with Crippen molar-refractivity contribution in [1.82, 2.24) is 19.7 Å². The van der Waals surface area contributed by atoms with Gasteiger partial charge in [-0.25, -0.2) is 0 Å². The van der Waals surface area contributed by atoms with E-state index in [0.717, 1.165) is 27.7 Å². The molecule has 33 heavy (non-hydrogen) atoms. The van der Waals surface area contributed by atoms with Crippen LogP contribution in [0.2, 0.25) is 5.02 Å². The van der Waals surface area contributed by atoms with Gasteiger partial charge in [0.25, 0.3) is 0 Å². The number of aromatic nitrogens is 4. The number of hydrogen-bond acceptors (Lipinski definition) is 6. The van der Waals surface area contributed by atoms with Crippen LogP contribution in [0.1, 0.15) is 26.6 Å². The highest BCUT2D eigenvalue weighted by molar-refractivity contribution is 7.16. The average Bonchev–Trinajstić information content (AvgIpc) is 3.44. The SMILES string of the molecule is COc1ccc2c(c1)c(C(=O)c1nnc(-c3cccnc3)s1)c(C)n2Cc1ccc(Cl)cc1. The quantitative estimate of drug-likeness (QED) is 0.291. The van der Waals surface area contributed by atoms with E-state index in [4.69, 9.17) is 16.3 Å². The zero-order valence-electron chi connectivity index (χ0n) is 17.9. The Balaban J connectivity index is 1.61. The van der Waals surface area contributed by atoms with Crippen molar-refractivity contribution in [2.24, 2.45) is 0 Å². The normalized spacial score (nSPS) is 11.1. The molecule has 0 saturated heterocycles. The van der Waals surface area contributed by atoms with Gasteiger partial charge < -0.3 is 9.30 Å². The Morgan fingerprint density at radius 3 is 2.67 bits per heavy atom. The van der Waals surface area contributed by atoms with Crippen molar-refractivity contribution in [2.45, 2.75) is 13.5 Å². The molecule has 6 nitrogen and oxygen atoms in total. The van der Waals surface area contributed by atoms with Crippen LogP contribution >= 0.6 is 22.9 Å². The molecule has 5 rings (SSSR count). The molecule has 0 unspecified atom stereocenters. The molecule has 164 valence electrons. The molecule has 0 aliphatic carbocycles. The number of benzene rings is 2. The van der Waals surface area contributed by atoms with Crippen LogP contribution in [0.25, 0.3) is 21.5 Å². The highest BCUT2D eigenvalue weighted by Gasteiger charge is 2.25. The lowest BCUT2D eigenvalue weighted by molar-refractivity contribution is 0.103. The molecule has 0 spiro atoms. The summed E-state index contributed by atoms with van der Waals surface area (Å²) in [6.07, 6.45) is 3.41. The number of halogens is 1. The van der Waals surface area contributed by atoms with Gasteiger partial charge in [0.15, 0.2) is 5.01 Å². The van der Waals surface area contributed by atoms with Crippen LogP contribution < -0.4 is 4.74 Å². The van der Waals surface area contributed by atoms with E-state index in [2.05, 4.69) is 19.7 Å². The van der Waals surface area contributed by atoms with Crippen molar-refractivity contribution in [2.75, 3.05) is 7.11 Å². The van der Waals surface area contributed by atoms with Crippen molar-refractivity contribution in [3.63, 3.8) is 0 Å². The third-order valence-corrected chi connectivity index (χ3v) is 6.76. The number of hydrogen-bond donors (Lipinski definition) is 0. The number of ketones is 1. The first-order valence-corrected chi connectivity index (χ1v) is 11.4. The van der Waals surface area contributed by atoms with E-state index >= 15 is 0 Å². The summed E-state index contributed by atoms with van der Waals surface area (Å²) < 4.78 is 7.57. The Kier molecular flexibility index (Phi) is 5.66. The fourth-order valence-electron chi connectivity index (χ4n) is 3.88. The van der Waals surface area contributed by atoms with E-state index < -0.39 is 0 Å². The highest BCUT2D eigenvalue weighted by atomic mass is 35.5. The second kappa shape index (κ2) is 8.77. The first kappa shape index (κ1) is 21.3. The molecule has 0 saturated carbocycles. The maximum absolute atomic E-state index is 13.7. The number of ether oxygens (including phenoxy) is 1. The largest absolute Gasteiger partial charge is 0.497 e. The van der Waals surface area contributed by atoms with Gasteiger partial charge in [-0.3, -0.25) is 9.78 Å². The molecule has 3 aromatic heterocycles. The zero-order valence-corrected chi connectivity index (χ0v) is 19.5. The van der Waals surface area contributed by atoms with E-state index in [9.17, 15) is 4.79 Å².